The first kappa shape index (κ1) is 49.9. The Hall–Kier alpha value is -5.95. The fraction of sp³-hybridized carbons (Fsp3) is 0.544. The molecule has 7 aliphatic rings. The van der Waals surface area contributed by atoms with E-state index in [-0.39, 0.29) is 47.0 Å². The quantitative estimate of drug-likeness (QED) is 0.0760. The largest absolute Gasteiger partial charge is 0.489 e. The molecule has 2 saturated carbocycles. The van der Waals surface area contributed by atoms with Gasteiger partial charge in [-0.1, -0.05) is 51.5 Å². The molecule has 3 aromatic carbocycles. The highest BCUT2D eigenvalue weighted by molar-refractivity contribution is 7.90. The molecule has 17 nitrogen and oxygen atoms in total. The average Bonchev–Trinajstić information content (AvgIpc) is 3.90. The van der Waals surface area contributed by atoms with Crippen LogP contribution in [0.1, 0.15) is 132 Å². The maximum absolute atomic E-state index is 14.9. The van der Waals surface area contributed by atoms with E-state index in [1.54, 1.807) is 6.07 Å². The second-order valence-electron chi connectivity index (χ2n) is 23.2. The van der Waals surface area contributed by atoms with Crippen LogP contribution in [0.5, 0.6) is 11.6 Å². The van der Waals surface area contributed by atoms with Crippen LogP contribution in [0.3, 0.4) is 0 Å². The number of pyridine rings is 1. The van der Waals surface area contributed by atoms with Gasteiger partial charge < -0.3 is 39.4 Å². The Kier molecular flexibility index (Phi) is 12.8. The fourth-order valence-corrected chi connectivity index (χ4v) is 15.1. The number of benzene rings is 3. The van der Waals surface area contributed by atoms with Crippen LogP contribution in [0.2, 0.25) is 0 Å². The van der Waals surface area contributed by atoms with Crippen molar-refractivity contribution < 1.29 is 37.5 Å². The number of nitro groups is 1. The smallest absolute Gasteiger partial charge is 0.297 e. The third-order valence-corrected chi connectivity index (χ3v) is 19.8. The van der Waals surface area contributed by atoms with Gasteiger partial charge in [-0.3, -0.25) is 19.8 Å². The molecule has 12 rings (SSSR count). The Labute approximate surface area is 438 Å². The lowest BCUT2D eigenvalue weighted by Gasteiger charge is -2.62. The van der Waals surface area contributed by atoms with E-state index in [1.807, 2.05) is 37.4 Å². The summed E-state index contributed by atoms with van der Waals surface area (Å²) in [6.45, 7) is 12.6. The molecule has 2 unspecified atom stereocenters. The lowest BCUT2D eigenvalue weighted by molar-refractivity contribution is -0.384. The number of hydrogen-bond donors (Lipinski definition) is 4. The van der Waals surface area contributed by atoms with E-state index < -0.39 is 43.1 Å². The minimum atomic E-state index is -4.71. The highest BCUT2D eigenvalue weighted by atomic mass is 32.2. The number of piperidine rings is 2. The normalized spacial score (nSPS) is 28.5. The molecule has 5 aromatic rings. The number of ether oxygens (including phenoxy) is 3. The number of hydrogen-bond acceptors (Lipinski definition) is 14. The molecule has 398 valence electrons. The van der Waals surface area contributed by atoms with Crippen molar-refractivity contribution in [2.45, 2.75) is 145 Å². The SMILES string of the molecule is CC(C)c1ccccc1[C@H]1CCCCN1C1CC2(CCN(c3ccc(C(=O)NS(=O)(=O)c4cc5c(c([N+](=O)[O-])c4)N[C@@H](C4CCC(C)(O)CC4)CO5)c(N4c5cc6cc[nH]c6nc5O[C@H]5COCC[C@@H]54)c3)CC2)C1C. The molecule has 1 spiro atoms. The number of aromatic nitrogens is 2. The van der Waals surface area contributed by atoms with Gasteiger partial charge in [0.05, 0.1) is 45.4 Å². The number of likely N-dealkylation sites (tertiary alicyclic amines) is 1. The van der Waals surface area contributed by atoms with E-state index in [9.17, 15) is 28.4 Å². The van der Waals surface area contributed by atoms with Crippen molar-refractivity contribution in [3.05, 3.63) is 99.7 Å². The molecule has 2 aromatic heterocycles. The van der Waals surface area contributed by atoms with Gasteiger partial charge in [-0.2, -0.15) is 4.98 Å². The van der Waals surface area contributed by atoms with Crippen LogP contribution >= 0.6 is 0 Å². The topological polar surface area (TPSA) is 205 Å². The van der Waals surface area contributed by atoms with Crippen molar-refractivity contribution in [2.75, 3.05) is 54.6 Å². The first-order chi connectivity index (χ1) is 36.1. The second kappa shape index (κ2) is 19.3. The monoisotopic (exact) mass is 1040 g/mol. The van der Waals surface area contributed by atoms with Gasteiger partial charge in [0, 0.05) is 61.2 Å². The number of amides is 1. The van der Waals surface area contributed by atoms with Crippen LogP contribution < -0.4 is 29.3 Å². The van der Waals surface area contributed by atoms with Crippen LogP contribution in [-0.2, 0) is 14.8 Å². The Morgan fingerprint density at radius 2 is 1.75 bits per heavy atom. The average molecular weight is 1040 g/mol. The Balaban J connectivity index is 0.838. The van der Waals surface area contributed by atoms with Gasteiger partial charge in [0.2, 0.25) is 5.88 Å². The number of anilines is 4. The summed E-state index contributed by atoms with van der Waals surface area (Å²) in [6.07, 6.45) is 11.5. The highest BCUT2D eigenvalue weighted by Gasteiger charge is 2.55. The zero-order chi connectivity index (χ0) is 52.0. The standard InChI is InChI=1S/C57H70N8O9S/c1-34(2)40-9-5-6-10-41(40)44-11-7-8-23-63(44)49-31-57(35(49)3)20-24-62(25-21-57)38-12-13-42(46(28-38)64-45-17-26-72-33-51(45)74-55-48(64)27-37-16-22-58-53(37)60-55)54(66)61-75(70,71)39-29-47(65(68)69)52-50(30-39)73-32-43(59-52)36-14-18-56(4,67)19-15-36/h5-6,9-10,12-13,16,22,27-30,34-36,43-45,49,51,59,67H,7-8,11,14-15,17-21,23-26,31-33H2,1-4H3,(H,58,60)(H,61,66)/t35?,36?,43-,44-,45+,49?,51+,56?/m1/s1. The number of nitro benzene ring substituents is 1. The molecule has 7 heterocycles. The summed E-state index contributed by atoms with van der Waals surface area (Å²) in [4.78, 5) is 41.8. The van der Waals surface area contributed by atoms with Gasteiger partial charge in [0.1, 0.15) is 24.0 Å². The van der Waals surface area contributed by atoms with Crippen molar-refractivity contribution >= 4 is 55.4 Å². The zero-order valence-electron chi connectivity index (χ0n) is 43.4. The summed E-state index contributed by atoms with van der Waals surface area (Å²) >= 11 is 0. The zero-order valence-corrected chi connectivity index (χ0v) is 44.2. The van der Waals surface area contributed by atoms with Crippen LogP contribution in [-0.4, -0.2) is 109 Å². The van der Waals surface area contributed by atoms with E-state index in [1.165, 1.54) is 42.9 Å². The maximum atomic E-state index is 14.9. The highest BCUT2D eigenvalue weighted by Crippen LogP contribution is 2.58. The molecule has 1 amide bonds. The number of H-pyrrole nitrogens is 1. The van der Waals surface area contributed by atoms with Gasteiger partial charge in [0.15, 0.2) is 11.4 Å². The number of rotatable bonds is 10. The van der Waals surface area contributed by atoms with Crippen LogP contribution in [0.15, 0.2) is 77.8 Å². The third kappa shape index (κ3) is 9.06. The summed E-state index contributed by atoms with van der Waals surface area (Å²) in [5, 5.41) is 27.3. The van der Waals surface area contributed by atoms with E-state index in [0.717, 1.165) is 49.6 Å². The second-order valence-corrected chi connectivity index (χ2v) is 24.9. The molecule has 3 saturated heterocycles. The molecule has 6 atom stereocenters. The van der Waals surface area contributed by atoms with Crippen molar-refractivity contribution in [3.8, 4) is 11.6 Å². The summed E-state index contributed by atoms with van der Waals surface area (Å²) < 4.78 is 49.7. The Morgan fingerprint density at radius 1 is 0.947 bits per heavy atom. The third-order valence-electron chi connectivity index (χ3n) is 18.5. The minimum absolute atomic E-state index is 0.0124. The van der Waals surface area contributed by atoms with E-state index in [4.69, 9.17) is 19.2 Å². The molecule has 75 heavy (non-hydrogen) atoms. The molecule has 0 radical (unpaired) electrons. The summed E-state index contributed by atoms with van der Waals surface area (Å²) in [5.74, 6) is 0.602. The number of aromatic amines is 1. The Bertz CT molecular complexity index is 3130. The maximum Gasteiger partial charge on any atom is 0.297 e. The van der Waals surface area contributed by atoms with Crippen molar-refractivity contribution in [1.29, 1.82) is 0 Å². The lowest BCUT2D eigenvalue weighted by Crippen LogP contribution is -2.62. The summed E-state index contributed by atoms with van der Waals surface area (Å²) in [7, 11) is -4.71. The number of carbonyl (C=O) groups is 1. The van der Waals surface area contributed by atoms with Crippen LogP contribution in [0.25, 0.3) is 11.0 Å². The van der Waals surface area contributed by atoms with Gasteiger partial charge >= 0.3 is 0 Å². The minimum Gasteiger partial charge on any atom is -0.489 e. The number of carbonyl (C=O) groups excluding carboxylic acids is 1. The van der Waals surface area contributed by atoms with E-state index in [0.29, 0.717) is 92.1 Å². The van der Waals surface area contributed by atoms with Gasteiger partial charge in [0.25, 0.3) is 21.6 Å². The number of sulfonamides is 1. The molecular weight excluding hydrogens is 973 g/mol. The summed E-state index contributed by atoms with van der Waals surface area (Å²) in [5.41, 5.74) is 4.86. The molecule has 18 heteroatoms. The lowest BCUT2D eigenvalue weighted by atomic mass is 9.52. The van der Waals surface area contributed by atoms with Crippen LogP contribution in [0, 0.1) is 27.4 Å². The first-order valence-corrected chi connectivity index (χ1v) is 28.8. The molecular formula is C57H70N8O9S. The van der Waals surface area contributed by atoms with E-state index in [2.05, 4.69) is 74.8 Å². The Morgan fingerprint density at radius 3 is 2.52 bits per heavy atom. The predicted molar refractivity (Wildman–Crippen MR) is 287 cm³/mol. The van der Waals surface area contributed by atoms with Gasteiger partial charge in [-0.25, -0.2) is 13.1 Å². The fourth-order valence-electron chi connectivity index (χ4n) is 14.1. The number of nitrogens with zero attached hydrogens (tertiary/aromatic N) is 5. The van der Waals surface area contributed by atoms with Crippen molar-refractivity contribution in [2.24, 2.45) is 17.3 Å². The number of nitrogens with one attached hydrogen (secondary N) is 3. The van der Waals surface area contributed by atoms with Gasteiger partial charge in [-0.05, 0) is 142 Å². The molecule has 5 fully saturated rings. The van der Waals surface area contributed by atoms with Gasteiger partial charge in [-0.15, -0.1) is 0 Å². The molecule has 4 N–H and O–H groups in total. The van der Waals surface area contributed by atoms with Crippen molar-refractivity contribution in [1.82, 2.24) is 19.6 Å². The number of aliphatic hydroxyl groups is 1. The number of fused-ring (bicyclic) bond motifs is 4. The van der Waals surface area contributed by atoms with Crippen molar-refractivity contribution in [3.63, 3.8) is 0 Å². The van der Waals surface area contributed by atoms with E-state index >= 15 is 0 Å². The first-order valence-electron chi connectivity index (χ1n) is 27.3. The molecule has 2 aliphatic carbocycles. The summed E-state index contributed by atoms with van der Waals surface area (Å²) in [6, 6.07) is 21.2. The predicted octanol–water partition coefficient (Wildman–Crippen LogP) is 9.74. The van der Waals surface area contributed by atoms with Crippen LogP contribution in [0.4, 0.5) is 28.4 Å². The molecule has 5 aliphatic heterocycles. The molecule has 0 bridgehead atoms.